The van der Waals surface area contributed by atoms with Crippen LogP contribution in [0.2, 0.25) is 0 Å². The molecular formula is C17H21NO2. The van der Waals surface area contributed by atoms with Gasteiger partial charge in [0.2, 0.25) is 0 Å². The largest absolute Gasteiger partial charge is 0.508 e. The molecule has 2 aromatic rings. The molecule has 106 valence electrons. The predicted molar refractivity (Wildman–Crippen MR) is 81.5 cm³/mol. The van der Waals surface area contributed by atoms with Crippen molar-refractivity contribution in [1.82, 2.24) is 0 Å². The number of rotatable bonds is 5. The van der Waals surface area contributed by atoms with Crippen molar-refractivity contribution in [1.29, 1.82) is 0 Å². The highest BCUT2D eigenvalue weighted by molar-refractivity contribution is 5.46. The van der Waals surface area contributed by atoms with E-state index in [2.05, 4.69) is 26.0 Å². The lowest BCUT2D eigenvalue weighted by atomic mass is 10.0. The van der Waals surface area contributed by atoms with Crippen molar-refractivity contribution in [3.05, 3.63) is 53.1 Å². The van der Waals surface area contributed by atoms with E-state index in [-0.39, 0.29) is 5.75 Å². The third kappa shape index (κ3) is 3.52. The molecule has 0 fully saturated rings. The Morgan fingerprint density at radius 1 is 1.05 bits per heavy atom. The number of phenols is 1. The van der Waals surface area contributed by atoms with E-state index in [1.807, 2.05) is 0 Å². The Bertz CT molecular complexity index is 553. The predicted octanol–water partition coefficient (Wildman–Crippen LogP) is 3.69. The monoisotopic (exact) mass is 271 g/mol. The number of ether oxygens (including phenoxy) is 1. The Morgan fingerprint density at radius 3 is 2.20 bits per heavy atom. The van der Waals surface area contributed by atoms with Gasteiger partial charge in [0, 0.05) is 0 Å². The molecule has 0 unspecified atom stereocenters. The van der Waals surface area contributed by atoms with Crippen molar-refractivity contribution in [2.45, 2.75) is 26.7 Å². The normalized spacial score (nSPS) is 10.6. The molecule has 0 aromatic heterocycles. The van der Waals surface area contributed by atoms with E-state index in [0.29, 0.717) is 6.54 Å². The Kier molecular flexibility index (Phi) is 4.64. The molecule has 0 bridgehead atoms. The minimum atomic E-state index is 0.239. The van der Waals surface area contributed by atoms with Crippen molar-refractivity contribution < 1.29 is 9.84 Å². The number of phenolic OH excluding ortho intramolecular Hbond substituents is 1. The lowest BCUT2D eigenvalue weighted by molar-refractivity contribution is 0.461. The first kappa shape index (κ1) is 14.4. The zero-order chi connectivity index (χ0) is 14.5. The second-order valence-corrected chi connectivity index (χ2v) is 5.05. The van der Waals surface area contributed by atoms with Crippen LogP contribution in [0.15, 0.2) is 36.4 Å². The van der Waals surface area contributed by atoms with Crippen LogP contribution in [0.25, 0.3) is 0 Å². The van der Waals surface area contributed by atoms with Crippen LogP contribution in [0, 0.1) is 13.8 Å². The van der Waals surface area contributed by atoms with Crippen LogP contribution < -0.4 is 10.5 Å². The summed E-state index contributed by atoms with van der Waals surface area (Å²) in [6, 6.07) is 11.1. The molecule has 0 amide bonds. The molecule has 2 rings (SSSR count). The third-order valence-corrected chi connectivity index (χ3v) is 3.25. The average Bonchev–Trinajstić information content (AvgIpc) is 2.42. The van der Waals surface area contributed by atoms with E-state index in [4.69, 9.17) is 10.5 Å². The van der Waals surface area contributed by atoms with E-state index < -0.39 is 0 Å². The van der Waals surface area contributed by atoms with Crippen LogP contribution in [-0.2, 0) is 6.42 Å². The van der Waals surface area contributed by atoms with Crippen LogP contribution >= 0.6 is 0 Å². The highest BCUT2D eigenvalue weighted by Crippen LogP contribution is 2.30. The molecule has 3 nitrogen and oxygen atoms in total. The number of hydrogen-bond donors (Lipinski definition) is 2. The fourth-order valence-electron chi connectivity index (χ4n) is 2.28. The number of nitrogens with two attached hydrogens (primary N) is 1. The SMILES string of the molecule is Cc1cc(CCCN)cc(C)c1Oc1ccc(O)cc1. The zero-order valence-corrected chi connectivity index (χ0v) is 12.0. The van der Waals surface area contributed by atoms with Crippen molar-refractivity contribution in [3.63, 3.8) is 0 Å². The van der Waals surface area contributed by atoms with Gasteiger partial charge in [-0.15, -0.1) is 0 Å². The molecular weight excluding hydrogens is 250 g/mol. The van der Waals surface area contributed by atoms with Gasteiger partial charge >= 0.3 is 0 Å². The zero-order valence-electron chi connectivity index (χ0n) is 12.0. The summed E-state index contributed by atoms with van der Waals surface area (Å²) in [5.41, 5.74) is 9.08. The molecule has 0 spiro atoms. The van der Waals surface area contributed by atoms with E-state index in [1.165, 1.54) is 5.56 Å². The fourth-order valence-corrected chi connectivity index (χ4v) is 2.28. The van der Waals surface area contributed by atoms with Gasteiger partial charge in [0.15, 0.2) is 0 Å². The van der Waals surface area contributed by atoms with Gasteiger partial charge in [-0.05, 0) is 74.2 Å². The number of hydrogen-bond acceptors (Lipinski definition) is 3. The number of aromatic hydroxyl groups is 1. The van der Waals surface area contributed by atoms with E-state index >= 15 is 0 Å². The van der Waals surface area contributed by atoms with Crippen molar-refractivity contribution >= 4 is 0 Å². The van der Waals surface area contributed by atoms with E-state index in [0.717, 1.165) is 35.5 Å². The van der Waals surface area contributed by atoms with Crippen LogP contribution in [0.5, 0.6) is 17.2 Å². The first-order valence-electron chi connectivity index (χ1n) is 6.87. The summed E-state index contributed by atoms with van der Waals surface area (Å²) >= 11 is 0. The maximum atomic E-state index is 9.28. The van der Waals surface area contributed by atoms with Gasteiger partial charge < -0.3 is 15.6 Å². The molecule has 0 saturated carbocycles. The Balaban J connectivity index is 2.21. The molecule has 2 aromatic carbocycles. The van der Waals surface area contributed by atoms with Gasteiger partial charge in [0.1, 0.15) is 17.2 Å². The lowest BCUT2D eigenvalue weighted by Gasteiger charge is -2.14. The fraction of sp³-hybridized carbons (Fsp3) is 0.294. The summed E-state index contributed by atoms with van der Waals surface area (Å²) < 4.78 is 5.92. The second kappa shape index (κ2) is 6.44. The maximum absolute atomic E-state index is 9.28. The minimum Gasteiger partial charge on any atom is -0.508 e. The summed E-state index contributed by atoms with van der Waals surface area (Å²) in [4.78, 5) is 0. The Hall–Kier alpha value is -2.00. The average molecular weight is 271 g/mol. The number of aryl methyl sites for hydroxylation is 3. The van der Waals surface area contributed by atoms with Gasteiger partial charge in [-0.2, -0.15) is 0 Å². The Labute approximate surface area is 120 Å². The third-order valence-electron chi connectivity index (χ3n) is 3.25. The highest BCUT2D eigenvalue weighted by atomic mass is 16.5. The highest BCUT2D eigenvalue weighted by Gasteiger charge is 2.08. The lowest BCUT2D eigenvalue weighted by Crippen LogP contribution is -2.01. The van der Waals surface area contributed by atoms with Crippen molar-refractivity contribution in [2.24, 2.45) is 5.73 Å². The van der Waals surface area contributed by atoms with Crippen LogP contribution in [0.4, 0.5) is 0 Å². The van der Waals surface area contributed by atoms with Gasteiger partial charge in [0.05, 0.1) is 0 Å². The Morgan fingerprint density at radius 2 is 1.65 bits per heavy atom. The molecule has 0 saturated heterocycles. The topological polar surface area (TPSA) is 55.5 Å². The van der Waals surface area contributed by atoms with Crippen molar-refractivity contribution in [3.8, 4) is 17.2 Å². The van der Waals surface area contributed by atoms with Gasteiger partial charge in [0.25, 0.3) is 0 Å². The molecule has 0 aliphatic heterocycles. The molecule has 0 atom stereocenters. The van der Waals surface area contributed by atoms with Crippen LogP contribution in [0.3, 0.4) is 0 Å². The number of benzene rings is 2. The summed E-state index contributed by atoms with van der Waals surface area (Å²) in [5.74, 6) is 1.85. The molecule has 0 aliphatic rings. The minimum absolute atomic E-state index is 0.239. The van der Waals surface area contributed by atoms with Crippen LogP contribution in [-0.4, -0.2) is 11.7 Å². The first-order valence-corrected chi connectivity index (χ1v) is 6.87. The summed E-state index contributed by atoms with van der Waals surface area (Å²) in [7, 11) is 0. The maximum Gasteiger partial charge on any atom is 0.133 e. The molecule has 0 radical (unpaired) electrons. The first-order chi connectivity index (χ1) is 9.60. The quantitative estimate of drug-likeness (QED) is 0.872. The molecule has 0 heterocycles. The summed E-state index contributed by atoms with van der Waals surface area (Å²) in [6.45, 7) is 4.81. The van der Waals surface area contributed by atoms with Gasteiger partial charge in [-0.3, -0.25) is 0 Å². The molecule has 20 heavy (non-hydrogen) atoms. The van der Waals surface area contributed by atoms with Gasteiger partial charge in [-0.25, -0.2) is 0 Å². The smallest absolute Gasteiger partial charge is 0.133 e. The standard InChI is InChI=1S/C17H21NO2/c1-12-10-14(4-3-9-18)11-13(2)17(12)20-16-7-5-15(19)6-8-16/h5-8,10-11,19H,3-4,9,18H2,1-2H3. The molecule has 0 aliphatic carbocycles. The van der Waals surface area contributed by atoms with E-state index in [9.17, 15) is 5.11 Å². The molecule has 3 heteroatoms. The molecule has 3 N–H and O–H groups in total. The van der Waals surface area contributed by atoms with Gasteiger partial charge in [-0.1, -0.05) is 12.1 Å². The van der Waals surface area contributed by atoms with Crippen molar-refractivity contribution in [2.75, 3.05) is 6.54 Å². The second-order valence-electron chi connectivity index (χ2n) is 5.05. The van der Waals surface area contributed by atoms with E-state index in [1.54, 1.807) is 24.3 Å². The summed E-state index contributed by atoms with van der Waals surface area (Å²) in [6.07, 6.45) is 1.99. The summed E-state index contributed by atoms with van der Waals surface area (Å²) in [5, 5.41) is 9.28. The van der Waals surface area contributed by atoms with Crippen LogP contribution in [0.1, 0.15) is 23.1 Å².